The molecule has 3 aromatic rings. The first kappa shape index (κ1) is 22.4. The van der Waals surface area contributed by atoms with Crippen molar-refractivity contribution < 1.29 is 17.9 Å². The number of hydrogen-bond donors (Lipinski definition) is 0. The molecule has 12 heteroatoms. The van der Waals surface area contributed by atoms with Crippen molar-refractivity contribution in [2.45, 2.75) is 25.7 Å². The lowest BCUT2D eigenvalue weighted by atomic mass is 10.3. The summed E-state index contributed by atoms with van der Waals surface area (Å²) in [5.41, 5.74) is 1.87. The van der Waals surface area contributed by atoms with Crippen LogP contribution in [0.15, 0.2) is 28.5 Å². The number of methoxy groups -OCH3 is 1. The number of thiophene rings is 1. The van der Waals surface area contributed by atoms with E-state index in [0.717, 1.165) is 28.5 Å². The molecule has 10 nitrogen and oxygen atoms in total. The molecule has 0 saturated carbocycles. The van der Waals surface area contributed by atoms with E-state index in [1.807, 2.05) is 37.8 Å². The Balaban J connectivity index is 1.54. The molecule has 0 N–H and O–H groups in total. The third kappa shape index (κ3) is 4.12. The summed E-state index contributed by atoms with van der Waals surface area (Å²) in [7, 11) is -2.57. The van der Waals surface area contributed by atoms with Crippen LogP contribution in [0.3, 0.4) is 0 Å². The minimum atomic E-state index is -3.80. The Hall–Kier alpha value is -2.83. The van der Waals surface area contributed by atoms with Crippen molar-refractivity contribution in [2.24, 2.45) is 0 Å². The maximum absolute atomic E-state index is 13.1. The third-order valence-electron chi connectivity index (χ3n) is 5.22. The van der Waals surface area contributed by atoms with Gasteiger partial charge in [0.2, 0.25) is 10.0 Å². The lowest BCUT2D eigenvalue weighted by Gasteiger charge is -2.34. The number of anilines is 1. The van der Waals surface area contributed by atoms with E-state index in [9.17, 15) is 13.2 Å². The maximum Gasteiger partial charge on any atom is 0.349 e. The average Bonchev–Trinajstić information content (AvgIpc) is 3.39. The Morgan fingerprint density at radius 2 is 1.75 bits per heavy atom. The van der Waals surface area contributed by atoms with E-state index in [1.54, 1.807) is 10.1 Å². The average molecular weight is 477 g/mol. The summed E-state index contributed by atoms with van der Waals surface area (Å²) in [5.74, 6) is 1.36. The zero-order valence-corrected chi connectivity index (χ0v) is 19.9. The van der Waals surface area contributed by atoms with Crippen LogP contribution in [-0.4, -0.2) is 71.7 Å². The summed E-state index contributed by atoms with van der Waals surface area (Å²) in [6.45, 7) is 7.19. The Morgan fingerprint density at radius 1 is 1.06 bits per heavy atom. The van der Waals surface area contributed by atoms with Gasteiger partial charge in [-0.05, 0) is 38.3 Å². The van der Waals surface area contributed by atoms with Gasteiger partial charge in [-0.25, -0.2) is 27.9 Å². The molecule has 0 bridgehead atoms. The van der Waals surface area contributed by atoms with Gasteiger partial charge in [-0.3, -0.25) is 0 Å². The second-order valence-corrected chi connectivity index (χ2v) is 10.3. The monoisotopic (exact) mass is 476 g/mol. The molecule has 1 fully saturated rings. The quantitative estimate of drug-likeness (QED) is 0.514. The number of carbonyl (C=O) groups excluding carboxylic acids is 1. The minimum absolute atomic E-state index is 0.00695. The smallest absolute Gasteiger partial charge is 0.349 e. The number of hydrogen-bond acceptors (Lipinski definition) is 9. The van der Waals surface area contributed by atoms with E-state index < -0.39 is 16.0 Å². The van der Waals surface area contributed by atoms with E-state index >= 15 is 0 Å². The minimum Gasteiger partial charge on any atom is -0.465 e. The van der Waals surface area contributed by atoms with Crippen molar-refractivity contribution in [3.63, 3.8) is 0 Å². The molecular weight excluding hydrogens is 452 g/mol. The second kappa shape index (κ2) is 8.60. The van der Waals surface area contributed by atoms with Crippen molar-refractivity contribution in [2.75, 3.05) is 38.2 Å². The van der Waals surface area contributed by atoms with E-state index in [4.69, 9.17) is 4.74 Å². The first-order valence-corrected chi connectivity index (χ1v) is 12.3. The van der Waals surface area contributed by atoms with Crippen LogP contribution in [0.5, 0.6) is 0 Å². The molecule has 32 heavy (non-hydrogen) atoms. The largest absolute Gasteiger partial charge is 0.465 e. The lowest BCUT2D eigenvalue weighted by molar-refractivity contribution is 0.0602. The van der Waals surface area contributed by atoms with Gasteiger partial charge >= 0.3 is 5.97 Å². The zero-order chi connectivity index (χ0) is 23.0. The highest BCUT2D eigenvalue weighted by atomic mass is 32.2. The molecule has 0 unspecified atom stereocenters. The molecule has 0 aromatic carbocycles. The van der Waals surface area contributed by atoms with Gasteiger partial charge in [0.15, 0.2) is 5.82 Å². The van der Waals surface area contributed by atoms with Gasteiger partial charge < -0.3 is 9.64 Å². The first-order chi connectivity index (χ1) is 15.2. The van der Waals surface area contributed by atoms with Crippen molar-refractivity contribution in [3.8, 4) is 5.82 Å². The van der Waals surface area contributed by atoms with Crippen LogP contribution in [0.1, 0.15) is 26.9 Å². The fourth-order valence-corrected chi connectivity index (χ4v) is 6.44. The Bertz CT molecular complexity index is 1260. The molecule has 4 rings (SSSR count). The number of aromatic nitrogens is 4. The number of carbonyl (C=O) groups is 1. The van der Waals surface area contributed by atoms with Gasteiger partial charge in [0, 0.05) is 37.9 Å². The number of nitrogens with zero attached hydrogens (tertiary/aromatic N) is 6. The molecule has 1 saturated heterocycles. The summed E-state index contributed by atoms with van der Waals surface area (Å²) in [4.78, 5) is 23.1. The number of ether oxygens (including phenoxy) is 1. The van der Waals surface area contributed by atoms with Crippen molar-refractivity contribution in [1.82, 2.24) is 24.1 Å². The molecule has 1 aliphatic rings. The molecule has 0 aliphatic carbocycles. The summed E-state index contributed by atoms with van der Waals surface area (Å²) < 4.78 is 34.2. The predicted octanol–water partition coefficient (Wildman–Crippen LogP) is 1.95. The van der Waals surface area contributed by atoms with Gasteiger partial charge in [0.05, 0.1) is 12.8 Å². The number of esters is 1. The molecule has 170 valence electrons. The van der Waals surface area contributed by atoms with Crippen LogP contribution in [0.25, 0.3) is 5.82 Å². The highest BCUT2D eigenvalue weighted by molar-refractivity contribution is 7.89. The SMILES string of the molecule is COC(=O)c1sccc1S(=O)(=O)N1CCN(c2cc(-n3nc(C)cc3C)nc(C)n2)CC1. The zero-order valence-electron chi connectivity index (χ0n) is 18.3. The summed E-state index contributed by atoms with van der Waals surface area (Å²) in [6, 6.07) is 5.30. The lowest BCUT2D eigenvalue weighted by Crippen LogP contribution is -2.49. The molecule has 0 amide bonds. The van der Waals surface area contributed by atoms with Crippen molar-refractivity contribution in [3.05, 3.63) is 45.7 Å². The molecule has 0 atom stereocenters. The Labute approximate surface area is 190 Å². The van der Waals surface area contributed by atoms with Crippen LogP contribution in [0.2, 0.25) is 0 Å². The van der Waals surface area contributed by atoms with E-state index in [-0.39, 0.29) is 22.9 Å². The normalized spacial score (nSPS) is 15.2. The summed E-state index contributed by atoms with van der Waals surface area (Å²) >= 11 is 1.06. The van der Waals surface area contributed by atoms with Crippen LogP contribution < -0.4 is 4.90 Å². The predicted molar refractivity (Wildman–Crippen MR) is 120 cm³/mol. The van der Waals surface area contributed by atoms with Gasteiger partial charge in [-0.2, -0.15) is 9.40 Å². The number of piperazine rings is 1. The van der Waals surface area contributed by atoms with Gasteiger partial charge in [0.1, 0.15) is 21.4 Å². The molecule has 0 spiro atoms. The van der Waals surface area contributed by atoms with Crippen molar-refractivity contribution in [1.29, 1.82) is 0 Å². The van der Waals surface area contributed by atoms with Crippen molar-refractivity contribution >= 4 is 33.1 Å². The van der Waals surface area contributed by atoms with Crippen LogP contribution >= 0.6 is 11.3 Å². The third-order valence-corrected chi connectivity index (χ3v) is 8.18. The van der Waals surface area contributed by atoms with Gasteiger partial charge in [-0.15, -0.1) is 11.3 Å². The first-order valence-electron chi connectivity index (χ1n) is 10.0. The standard InChI is InChI=1S/C20H24N6O4S2/c1-13-11-14(2)26(23-13)18-12-17(21-15(3)22-18)24-6-8-25(9-7-24)32(28,29)16-5-10-31-19(16)20(27)30-4/h5,10-12H,6-9H2,1-4H3. The number of aryl methyl sites for hydroxylation is 3. The molecule has 1 aliphatic heterocycles. The van der Waals surface area contributed by atoms with Gasteiger partial charge in [0.25, 0.3) is 0 Å². The topological polar surface area (TPSA) is 111 Å². The van der Waals surface area contributed by atoms with Gasteiger partial charge in [-0.1, -0.05) is 0 Å². The van der Waals surface area contributed by atoms with E-state index in [2.05, 4.69) is 15.1 Å². The summed E-state index contributed by atoms with van der Waals surface area (Å²) in [6.07, 6.45) is 0. The van der Waals surface area contributed by atoms with Crippen LogP contribution in [0, 0.1) is 20.8 Å². The van der Waals surface area contributed by atoms with E-state index in [0.29, 0.717) is 24.7 Å². The van der Waals surface area contributed by atoms with Crippen LogP contribution in [-0.2, 0) is 14.8 Å². The highest BCUT2D eigenvalue weighted by Gasteiger charge is 2.33. The number of sulfonamides is 1. The van der Waals surface area contributed by atoms with Crippen LogP contribution in [0.4, 0.5) is 5.82 Å². The van der Waals surface area contributed by atoms with E-state index in [1.165, 1.54) is 17.5 Å². The maximum atomic E-state index is 13.1. The fourth-order valence-electron chi connectivity index (χ4n) is 3.71. The highest BCUT2D eigenvalue weighted by Crippen LogP contribution is 2.27. The Kier molecular flexibility index (Phi) is 6.01. The fraction of sp³-hybridized carbons (Fsp3) is 0.400. The molecular formula is C20H24N6O4S2. The Morgan fingerprint density at radius 3 is 2.38 bits per heavy atom. The molecule has 0 radical (unpaired) electrons. The summed E-state index contributed by atoms with van der Waals surface area (Å²) in [5, 5.41) is 6.08. The second-order valence-electron chi connectivity index (χ2n) is 7.47. The molecule has 4 heterocycles. The number of rotatable bonds is 5. The molecule has 3 aromatic heterocycles.